The molecule has 0 amide bonds. The van der Waals surface area contributed by atoms with Gasteiger partial charge in [0, 0.05) is 23.0 Å². The summed E-state index contributed by atoms with van der Waals surface area (Å²) in [6.07, 6.45) is 3.48. The van der Waals surface area contributed by atoms with E-state index in [2.05, 4.69) is 15.3 Å². The van der Waals surface area contributed by atoms with Crippen LogP contribution < -0.4 is 10.1 Å². The molecule has 1 aromatic heterocycles. The lowest BCUT2D eigenvalue weighted by Gasteiger charge is -2.18. The average molecular weight is 296 g/mol. The number of likely N-dealkylation sites (N-methyl/N-ethyl adjacent to an activating group) is 1. The van der Waals surface area contributed by atoms with Crippen LogP contribution in [0.15, 0.2) is 30.6 Å². The van der Waals surface area contributed by atoms with Gasteiger partial charge in [-0.2, -0.15) is 0 Å². The Hall–Kier alpha value is -1.72. The second-order valence-corrected chi connectivity index (χ2v) is 4.60. The topological polar surface area (TPSA) is 47.0 Å². The molecular formula is C14H15ClFN3O. The summed E-state index contributed by atoms with van der Waals surface area (Å²) >= 11 is 6.06. The number of nitrogens with one attached hydrogen (secondary N) is 1. The van der Waals surface area contributed by atoms with Crippen LogP contribution in [0.25, 0.3) is 0 Å². The van der Waals surface area contributed by atoms with Gasteiger partial charge in [-0.3, -0.25) is 4.98 Å². The van der Waals surface area contributed by atoms with Crippen molar-refractivity contribution in [3.63, 3.8) is 0 Å². The molecule has 1 N–H and O–H groups in total. The second-order valence-electron chi connectivity index (χ2n) is 4.20. The minimum atomic E-state index is -0.333. The predicted molar refractivity (Wildman–Crippen MR) is 75.5 cm³/mol. The molecule has 0 fully saturated rings. The molecule has 4 nitrogen and oxygen atoms in total. The summed E-state index contributed by atoms with van der Waals surface area (Å²) in [6.45, 7) is 0. The minimum Gasteiger partial charge on any atom is -0.480 e. The Balaban J connectivity index is 2.34. The molecule has 0 aliphatic rings. The number of methoxy groups -OCH3 is 1. The van der Waals surface area contributed by atoms with Gasteiger partial charge < -0.3 is 10.1 Å². The van der Waals surface area contributed by atoms with Crippen LogP contribution in [0.2, 0.25) is 5.02 Å². The molecule has 0 aliphatic heterocycles. The zero-order chi connectivity index (χ0) is 14.5. The van der Waals surface area contributed by atoms with Gasteiger partial charge in [0.25, 0.3) is 0 Å². The number of aromatic nitrogens is 2. The van der Waals surface area contributed by atoms with E-state index < -0.39 is 0 Å². The predicted octanol–water partition coefficient (Wildman–Crippen LogP) is 2.78. The van der Waals surface area contributed by atoms with E-state index in [-0.39, 0.29) is 11.9 Å². The summed E-state index contributed by atoms with van der Waals surface area (Å²) in [5, 5.41) is 3.48. The maximum Gasteiger partial charge on any atom is 0.237 e. The fourth-order valence-corrected chi connectivity index (χ4v) is 2.24. The van der Waals surface area contributed by atoms with E-state index in [9.17, 15) is 4.39 Å². The lowest BCUT2D eigenvalue weighted by atomic mass is 10.0. The van der Waals surface area contributed by atoms with Crippen LogP contribution in [0.5, 0.6) is 5.88 Å². The maximum atomic E-state index is 13.9. The number of nitrogens with zero attached hydrogens (tertiary/aromatic N) is 2. The standard InChI is InChI=1S/C14H15ClFN3O/c1-17-12(13-14(20-2)19-7-6-18-13)8-9-10(15)4-3-5-11(9)16/h3-7,12,17H,8H2,1-2H3. The van der Waals surface area contributed by atoms with Crippen molar-refractivity contribution < 1.29 is 9.13 Å². The van der Waals surface area contributed by atoms with Crippen LogP contribution in [0.4, 0.5) is 4.39 Å². The van der Waals surface area contributed by atoms with E-state index in [0.717, 1.165) is 0 Å². The monoisotopic (exact) mass is 295 g/mol. The molecule has 1 unspecified atom stereocenters. The van der Waals surface area contributed by atoms with Crippen molar-refractivity contribution in [2.24, 2.45) is 0 Å². The minimum absolute atomic E-state index is 0.243. The molecule has 1 aromatic carbocycles. The normalized spacial score (nSPS) is 12.2. The van der Waals surface area contributed by atoms with E-state index >= 15 is 0 Å². The zero-order valence-corrected chi connectivity index (χ0v) is 12.0. The van der Waals surface area contributed by atoms with Gasteiger partial charge in [0.05, 0.1) is 13.2 Å². The third-order valence-electron chi connectivity index (χ3n) is 3.03. The van der Waals surface area contributed by atoms with Gasteiger partial charge in [-0.25, -0.2) is 9.37 Å². The van der Waals surface area contributed by atoms with Gasteiger partial charge in [-0.05, 0) is 25.6 Å². The van der Waals surface area contributed by atoms with Crippen LogP contribution in [0.1, 0.15) is 17.3 Å². The van der Waals surface area contributed by atoms with E-state index in [4.69, 9.17) is 16.3 Å². The van der Waals surface area contributed by atoms with Crippen LogP contribution in [0.3, 0.4) is 0 Å². The molecule has 0 bridgehead atoms. The lowest BCUT2D eigenvalue weighted by molar-refractivity contribution is 0.379. The largest absolute Gasteiger partial charge is 0.480 e. The smallest absolute Gasteiger partial charge is 0.237 e. The van der Waals surface area contributed by atoms with Crippen LogP contribution in [-0.4, -0.2) is 24.1 Å². The van der Waals surface area contributed by atoms with E-state index in [1.165, 1.54) is 13.2 Å². The highest BCUT2D eigenvalue weighted by Crippen LogP contribution is 2.27. The molecule has 0 spiro atoms. The number of rotatable bonds is 5. The Morgan fingerprint density at radius 2 is 2.10 bits per heavy atom. The summed E-state index contributed by atoms with van der Waals surface area (Å²) in [5.74, 6) is 0.0833. The highest BCUT2D eigenvalue weighted by atomic mass is 35.5. The molecule has 1 atom stereocenters. The summed E-state index contributed by atoms with van der Waals surface area (Å²) < 4.78 is 19.1. The fraction of sp³-hybridized carbons (Fsp3) is 0.286. The van der Waals surface area contributed by atoms with Gasteiger partial charge in [-0.1, -0.05) is 17.7 Å². The Labute approximate surface area is 122 Å². The third-order valence-corrected chi connectivity index (χ3v) is 3.39. The number of hydrogen-bond donors (Lipinski definition) is 1. The average Bonchev–Trinajstić information content (AvgIpc) is 2.47. The van der Waals surface area contributed by atoms with Crippen molar-refractivity contribution in [3.05, 3.63) is 52.7 Å². The van der Waals surface area contributed by atoms with Gasteiger partial charge in [-0.15, -0.1) is 0 Å². The summed E-state index contributed by atoms with van der Waals surface area (Å²) in [5.41, 5.74) is 1.07. The highest BCUT2D eigenvalue weighted by molar-refractivity contribution is 6.31. The first-order valence-corrected chi connectivity index (χ1v) is 6.50. The van der Waals surface area contributed by atoms with E-state index in [1.807, 2.05) is 0 Å². The van der Waals surface area contributed by atoms with Gasteiger partial charge in [0.2, 0.25) is 5.88 Å². The van der Waals surface area contributed by atoms with Crippen molar-refractivity contribution in [1.82, 2.24) is 15.3 Å². The van der Waals surface area contributed by atoms with E-state index in [0.29, 0.717) is 28.6 Å². The number of hydrogen-bond acceptors (Lipinski definition) is 4. The molecular weight excluding hydrogens is 281 g/mol. The molecule has 0 saturated carbocycles. The Morgan fingerprint density at radius 3 is 2.75 bits per heavy atom. The molecule has 106 valence electrons. The molecule has 2 aromatic rings. The highest BCUT2D eigenvalue weighted by Gasteiger charge is 2.20. The molecule has 6 heteroatoms. The molecule has 0 aliphatic carbocycles. The summed E-state index contributed by atoms with van der Waals surface area (Å²) in [6, 6.07) is 4.40. The quantitative estimate of drug-likeness (QED) is 0.921. The van der Waals surface area contributed by atoms with E-state index in [1.54, 1.807) is 31.6 Å². The lowest BCUT2D eigenvalue weighted by Crippen LogP contribution is -2.21. The second kappa shape index (κ2) is 6.63. The Bertz CT molecular complexity index is 574. The zero-order valence-electron chi connectivity index (χ0n) is 11.2. The molecule has 2 rings (SSSR count). The first-order chi connectivity index (χ1) is 9.67. The maximum absolute atomic E-state index is 13.9. The molecule has 0 saturated heterocycles. The Kier molecular flexibility index (Phi) is 4.87. The van der Waals surface area contributed by atoms with Crippen molar-refractivity contribution >= 4 is 11.6 Å². The van der Waals surface area contributed by atoms with Gasteiger partial charge >= 0.3 is 0 Å². The number of halogens is 2. The first-order valence-electron chi connectivity index (χ1n) is 6.12. The van der Waals surface area contributed by atoms with Gasteiger partial charge in [0.1, 0.15) is 11.5 Å². The van der Waals surface area contributed by atoms with Crippen molar-refractivity contribution in [1.29, 1.82) is 0 Å². The first kappa shape index (κ1) is 14.7. The Morgan fingerprint density at radius 1 is 1.35 bits per heavy atom. The van der Waals surface area contributed by atoms with Crippen molar-refractivity contribution in [3.8, 4) is 5.88 Å². The fourth-order valence-electron chi connectivity index (χ4n) is 2.00. The summed E-state index contributed by atoms with van der Waals surface area (Å²) in [4.78, 5) is 8.36. The molecule has 20 heavy (non-hydrogen) atoms. The van der Waals surface area contributed by atoms with Crippen LogP contribution >= 0.6 is 11.6 Å². The van der Waals surface area contributed by atoms with Gasteiger partial charge in [0.15, 0.2) is 0 Å². The summed E-state index contributed by atoms with van der Waals surface area (Å²) in [7, 11) is 3.30. The van der Waals surface area contributed by atoms with Crippen LogP contribution in [0, 0.1) is 5.82 Å². The van der Waals surface area contributed by atoms with Crippen molar-refractivity contribution in [2.75, 3.05) is 14.2 Å². The molecule has 1 heterocycles. The molecule has 0 radical (unpaired) electrons. The third kappa shape index (κ3) is 3.05. The number of ether oxygens (including phenoxy) is 1. The SMILES string of the molecule is CNC(Cc1c(F)cccc1Cl)c1nccnc1OC. The van der Waals surface area contributed by atoms with Crippen molar-refractivity contribution in [2.45, 2.75) is 12.5 Å². The number of benzene rings is 1. The van der Waals surface area contributed by atoms with Crippen LogP contribution in [-0.2, 0) is 6.42 Å².